The largest absolute Gasteiger partial charge is 0.313 e. The van der Waals surface area contributed by atoms with Crippen LogP contribution in [-0.2, 0) is 19.6 Å². The third-order valence-corrected chi connectivity index (χ3v) is 3.72. The Hall–Kier alpha value is -0.900. The van der Waals surface area contributed by atoms with Crippen molar-refractivity contribution in [3.63, 3.8) is 0 Å². The van der Waals surface area contributed by atoms with Gasteiger partial charge < -0.3 is 10.2 Å². The summed E-state index contributed by atoms with van der Waals surface area (Å²) in [5.74, 6) is 0. The molecule has 0 atom stereocenters. The Kier molecular flexibility index (Phi) is 5.37. The van der Waals surface area contributed by atoms with Gasteiger partial charge in [0.15, 0.2) is 0 Å². The van der Waals surface area contributed by atoms with Crippen LogP contribution in [0.4, 0.5) is 0 Å². The molecule has 1 heterocycles. The number of rotatable bonds is 7. The lowest BCUT2D eigenvalue weighted by atomic mass is 10.1. The fourth-order valence-corrected chi connectivity index (χ4v) is 2.67. The van der Waals surface area contributed by atoms with E-state index < -0.39 is 0 Å². The summed E-state index contributed by atoms with van der Waals surface area (Å²) in [4.78, 5) is 4.82. The van der Waals surface area contributed by atoms with Crippen molar-refractivity contribution in [2.75, 3.05) is 33.7 Å². The highest BCUT2D eigenvalue weighted by Gasteiger charge is 2.18. The topological polar surface area (TPSA) is 18.5 Å². The molecule has 0 aliphatic carbocycles. The maximum Gasteiger partial charge on any atom is 0.0240 e. The van der Waals surface area contributed by atoms with Crippen molar-refractivity contribution in [2.45, 2.75) is 33.0 Å². The van der Waals surface area contributed by atoms with Gasteiger partial charge in [0.1, 0.15) is 0 Å². The Balaban J connectivity index is 1.85. The third-order valence-electron chi connectivity index (χ3n) is 3.72. The summed E-state index contributed by atoms with van der Waals surface area (Å²) in [6.07, 6.45) is 1.26. The van der Waals surface area contributed by atoms with E-state index in [1.54, 1.807) is 0 Å². The fraction of sp³-hybridized carbons (Fsp3) is 0.625. The minimum absolute atomic E-state index is 0.990. The molecule has 106 valence electrons. The van der Waals surface area contributed by atoms with Crippen LogP contribution in [0.2, 0.25) is 0 Å². The van der Waals surface area contributed by atoms with Crippen molar-refractivity contribution in [3.05, 3.63) is 34.9 Å². The molecular formula is C16H27N3. The Morgan fingerprint density at radius 3 is 2.74 bits per heavy atom. The van der Waals surface area contributed by atoms with E-state index in [1.165, 1.54) is 36.2 Å². The van der Waals surface area contributed by atoms with Crippen LogP contribution >= 0.6 is 0 Å². The number of nitrogens with zero attached hydrogens (tertiary/aromatic N) is 2. The van der Waals surface area contributed by atoms with E-state index in [0.717, 1.165) is 26.2 Å². The monoisotopic (exact) mass is 261 g/mol. The van der Waals surface area contributed by atoms with E-state index in [4.69, 9.17) is 0 Å². The molecule has 3 nitrogen and oxygen atoms in total. The summed E-state index contributed by atoms with van der Waals surface area (Å²) in [5, 5.41) is 3.39. The maximum absolute atomic E-state index is 3.39. The molecule has 0 saturated carbocycles. The van der Waals surface area contributed by atoms with Crippen molar-refractivity contribution in [1.29, 1.82) is 0 Å². The van der Waals surface area contributed by atoms with Crippen LogP contribution in [0.5, 0.6) is 0 Å². The van der Waals surface area contributed by atoms with Gasteiger partial charge in [-0.15, -0.1) is 0 Å². The summed E-state index contributed by atoms with van der Waals surface area (Å²) in [7, 11) is 4.29. The summed E-state index contributed by atoms with van der Waals surface area (Å²) in [6.45, 7) is 8.82. The van der Waals surface area contributed by atoms with E-state index in [-0.39, 0.29) is 0 Å². The first kappa shape index (κ1) is 14.5. The van der Waals surface area contributed by atoms with Gasteiger partial charge in [-0.05, 0) is 50.3 Å². The molecule has 2 rings (SSSR count). The number of nitrogens with one attached hydrogen (secondary N) is 1. The summed E-state index contributed by atoms with van der Waals surface area (Å²) in [6, 6.07) is 6.96. The molecular weight excluding hydrogens is 234 g/mol. The zero-order chi connectivity index (χ0) is 13.7. The molecule has 0 fully saturated rings. The quantitative estimate of drug-likeness (QED) is 0.810. The summed E-state index contributed by atoms with van der Waals surface area (Å²) < 4.78 is 0. The Morgan fingerprint density at radius 2 is 2.00 bits per heavy atom. The van der Waals surface area contributed by atoms with Gasteiger partial charge in [0.2, 0.25) is 0 Å². The standard InChI is InChI=1S/C16H27N3/c1-4-17-11-14-6-7-15-12-19(13-16(15)10-14)9-5-8-18(2)3/h6-7,10,17H,4-5,8-9,11-13H2,1-3H3. The molecule has 0 bridgehead atoms. The van der Waals surface area contributed by atoms with Crippen molar-refractivity contribution in [3.8, 4) is 0 Å². The lowest BCUT2D eigenvalue weighted by molar-refractivity contribution is 0.262. The van der Waals surface area contributed by atoms with Crippen LogP contribution in [-0.4, -0.2) is 43.5 Å². The predicted octanol–water partition coefficient (Wildman–Crippen LogP) is 2.06. The molecule has 1 aromatic carbocycles. The molecule has 0 radical (unpaired) electrons. The molecule has 1 aromatic rings. The number of hydrogen-bond donors (Lipinski definition) is 1. The molecule has 0 amide bonds. The normalized spacial score (nSPS) is 15.2. The number of hydrogen-bond acceptors (Lipinski definition) is 3. The van der Waals surface area contributed by atoms with Gasteiger partial charge in [0.05, 0.1) is 0 Å². The first-order valence-corrected chi connectivity index (χ1v) is 7.37. The second-order valence-corrected chi connectivity index (χ2v) is 5.75. The van der Waals surface area contributed by atoms with Gasteiger partial charge in [-0.2, -0.15) is 0 Å². The zero-order valence-corrected chi connectivity index (χ0v) is 12.6. The van der Waals surface area contributed by atoms with Crippen molar-refractivity contribution in [2.24, 2.45) is 0 Å². The van der Waals surface area contributed by atoms with Crippen LogP contribution in [0, 0.1) is 0 Å². The van der Waals surface area contributed by atoms with E-state index in [1.807, 2.05) is 0 Å². The molecule has 3 heteroatoms. The Labute approximate surface area is 117 Å². The van der Waals surface area contributed by atoms with E-state index in [9.17, 15) is 0 Å². The first-order chi connectivity index (χ1) is 9.19. The first-order valence-electron chi connectivity index (χ1n) is 7.37. The van der Waals surface area contributed by atoms with Gasteiger partial charge >= 0.3 is 0 Å². The van der Waals surface area contributed by atoms with Crippen molar-refractivity contribution < 1.29 is 0 Å². The van der Waals surface area contributed by atoms with Crippen LogP contribution < -0.4 is 5.32 Å². The Morgan fingerprint density at radius 1 is 1.21 bits per heavy atom. The van der Waals surface area contributed by atoms with Crippen LogP contribution in [0.3, 0.4) is 0 Å². The lowest BCUT2D eigenvalue weighted by Crippen LogP contribution is -2.22. The molecule has 0 saturated heterocycles. The highest BCUT2D eigenvalue weighted by Crippen LogP contribution is 2.23. The summed E-state index contributed by atoms with van der Waals surface area (Å²) >= 11 is 0. The average Bonchev–Trinajstić information content (AvgIpc) is 2.77. The zero-order valence-electron chi connectivity index (χ0n) is 12.6. The van der Waals surface area contributed by atoms with Gasteiger partial charge in [0.25, 0.3) is 0 Å². The second kappa shape index (κ2) is 7.04. The molecule has 0 aromatic heterocycles. The molecule has 1 N–H and O–H groups in total. The highest BCUT2D eigenvalue weighted by molar-refractivity contribution is 5.34. The Bertz CT molecular complexity index is 401. The van der Waals surface area contributed by atoms with Crippen LogP contribution in [0.25, 0.3) is 0 Å². The maximum atomic E-state index is 3.39. The van der Waals surface area contributed by atoms with Crippen LogP contribution in [0.15, 0.2) is 18.2 Å². The summed E-state index contributed by atoms with van der Waals surface area (Å²) in [5.41, 5.74) is 4.46. The average molecular weight is 261 g/mol. The molecule has 0 spiro atoms. The molecule has 1 aliphatic rings. The second-order valence-electron chi connectivity index (χ2n) is 5.75. The fourth-order valence-electron chi connectivity index (χ4n) is 2.67. The molecule has 0 unspecified atom stereocenters. The minimum Gasteiger partial charge on any atom is -0.313 e. The van der Waals surface area contributed by atoms with E-state index >= 15 is 0 Å². The van der Waals surface area contributed by atoms with Gasteiger partial charge in [-0.1, -0.05) is 25.1 Å². The smallest absolute Gasteiger partial charge is 0.0240 e. The lowest BCUT2D eigenvalue weighted by Gasteiger charge is -2.16. The third kappa shape index (κ3) is 4.30. The number of benzene rings is 1. The van der Waals surface area contributed by atoms with E-state index in [0.29, 0.717) is 0 Å². The molecule has 1 aliphatic heterocycles. The van der Waals surface area contributed by atoms with Gasteiger partial charge in [-0.25, -0.2) is 0 Å². The predicted molar refractivity (Wildman–Crippen MR) is 81.1 cm³/mol. The SMILES string of the molecule is CCNCc1ccc2c(c1)CN(CCCN(C)C)C2. The molecule has 19 heavy (non-hydrogen) atoms. The van der Waals surface area contributed by atoms with Crippen molar-refractivity contribution >= 4 is 0 Å². The highest BCUT2D eigenvalue weighted by atomic mass is 15.1. The van der Waals surface area contributed by atoms with Gasteiger partial charge in [-0.3, -0.25) is 4.90 Å². The van der Waals surface area contributed by atoms with Crippen molar-refractivity contribution in [1.82, 2.24) is 15.1 Å². The van der Waals surface area contributed by atoms with Gasteiger partial charge in [0, 0.05) is 26.2 Å². The van der Waals surface area contributed by atoms with E-state index in [2.05, 4.69) is 54.3 Å². The van der Waals surface area contributed by atoms with Crippen LogP contribution in [0.1, 0.15) is 30.0 Å². The minimum atomic E-state index is 0.990. The number of fused-ring (bicyclic) bond motifs is 1.